The molecule has 0 saturated heterocycles. The van der Waals surface area contributed by atoms with Crippen molar-refractivity contribution in [3.8, 4) is 5.75 Å². The van der Waals surface area contributed by atoms with Gasteiger partial charge in [-0.15, -0.1) is 0 Å². The number of likely N-dealkylation sites (N-methyl/N-ethyl adjacent to an activating group) is 1. The van der Waals surface area contributed by atoms with E-state index in [2.05, 4.69) is 15.6 Å². The first-order chi connectivity index (χ1) is 12.7. The summed E-state index contributed by atoms with van der Waals surface area (Å²) in [5.41, 5.74) is 0. The van der Waals surface area contributed by atoms with E-state index < -0.39 is 0 Å². The van der Waals surface area contributed by atoms with Crippen LogP contribution in [-0.4, -0.2) is 56.6 Å². The third-order valence-corrected chi connectivity index (χ3v) is 4.62. The molecule has 26 heavy (non-hydrogen) atoms. The molecule has 0 radical (unpaired) electrons. The Morgan fingerprint density at radius 1 is 1.23 bits per heavy atom. The lowest BCUT2D eigenvalue weighted by molar-refractivity contribution is -0.121. The SMILES string of the molecule is CN=C(NCCC(=O)NC1CCCCC1)N(C)CCOc1ccccc1. The number of carbonyl (C=O) groups is 1. The van der Waals surface area contributed by atoms with E-state index in [0.29, 0.717) is 32.2 Å². The summed E-state index contributed by atoms with van der Waals surface area (Å²) >= 11 is 0. The lowest BCUT2D eigenvalue weighted by Gasteiger charge is -2.24. The summed E-state index contributed by atoms with van der Waals surface area (Å²) in [5, 5.41) is 6.39. The molecule has 0 heterocycles. The highest BCUT2D eigenvalue weighted by Gasteiger charge is 2.15. The fourth-order valence-corrected chi connectivity index (χ4v) is 3.14. The predicted octanol–water partition coefficient (Wildman–Crippen LogP) is 2.41. The first-order valence-electron chi connectivity index (χ1n) is 9.58. The number of aliphatic imine (C=N–C) groups is 1. The number of benzene rings is 1. The van der Waals surface area contributed by atoms with E-state index >= 15 is 0 Å². The zero-order chi connectivity index (χ0) is 18.6. The van der Waals surface area contributed by atoms with Gasteiger partial charge in [-0.3, -0.25) is 9.79 Å². The van der Waals surface area contributed by atoms with Gasteiger partial charge >= 0.3 is 0 Å². The molecule has 1 aliphatic carbocycles. The van der Waals surface area contributed by atoms with Gasteiger partial charge in [-0.05, 0) is 25.0 Å². The maximum absolute atomic E-state index is 12.1. The topological polar surface area (TPSA) is 66.0 Å². The molecule has 0 bridgehead atoms. The van der Waals surface area contributed by atoms with Gasteiger partial charge in [0.25, 0.3) is 0 Å². The minimum Gasteiger partial charge on any atom is -0.492 e. The summed E-state index contributed by atoms with van der Waals surface area (Å²) in [6, 6.07) is 10.1. The van der Waals surface area contributed by atoms with Crippen LogP contribution in [0.4, 0.5) is 0 Å². The molecule has 6 heteroatoms. The van der Waals surface area contributed by atoms with E-state index in [1.165, 1.54) is 19.3 Å². The van der Waals surface area contributed by atoms with E-state index in [-0.39, 0.29) is 5.91 Å². The van der Waals surface area contributed by atoms with Gasteiger partial charge in [0.15, 0.2) is 5.96 Å². The van der Waals surface area contributed by atoms with Crippen LogP contribution < -0.4 is 15.4 Å². The average Bonchev–Trinajstić information content (AvgIpc) is 2.67. The minimum atomic E-state index is 0.120. The second kappa shape index (κ2) is 11.4. The Morgan fingerprint density at radius 3 is 2.65 bits per heavy atom. The Balaban J connectivity index is 1.62. The Morgan fingerprint density at radius 2 is 1.96 bits per heavy atom. The van der Waals surface area contributed by atoms with Crippen LogP contribution in [0.2, 0.25) is 0 Å². The highest BCUT2D eigenvalue weighted by atomic mass is 16.5. The Hall–Kier alpha value is -2.24. The van der Waals surface area contributed by atoms with Gasteiger partial charge < -0.3 is 20.3 Å². The van der Waals surface area contributed by atoms with Crippen LogP contribution in [0, 0.1) is 0 Å². The quantitative estimate of drug-likeness (QED) is 0.552. The third kappa shape index (κ3) is 7.33. The van der Waals surface area contributed by atoms with Crippen molar-refractivity contribution in [2.45, 2.75) is 44.6 Å². The molecule has 0 aromatic heterocycles. The zero-order valence-electron chi connectivity index (χ0n) is 16.0. The van der Waals surface area contributed by atoms with E-state index in [4.69, 9.17) is 4.74 Å². The van der Waals surface area contributed by atoms with Crippen LogP contribution in [-0.2, 0) is 4.79 Å². The first kappa shape index (κ1) is 20.1. The van der Waals surface area contributed by atoms with Crippen LogP contribution in [0.5, 0.6) is 5.75 Å². The molecule has 1 saturated carbocycles. The number of rotatable bonds is 8. The minimum absolute atomic E-state index is 0.120. The van der Waals surface area contributed by atoms with Crippen molar-refractivity contribution < 1.29 is 9.53 Å². The molecule has 0 spiro atoms. The van der Waals surface area contributed by atoms with E-state index in [9.17, 15) is 4.79 Å². The highest BCUT2D eigenvalue weighted by Crippen LogP contribution is 2.17. The normalized spacial score (nSPS) is 15.4. The molecule has 1 fully saturated rings. The summed E-state index contributed by atoms with van der Waals surface area (Å²) in [5.74, 6) is 1.75. The molecule has 144 valence electrons. The number of hydrogen-bond acceptors (Lipinski definition) is 3. The van der Waals surface area contributed by atoms with Gasteiger partial charge in [0.1, 0.15) is 12.4 Å². The van der Waals surface area contributed by atoms with Crippen LogP contribution in [0.3, 0.4) is 0 Å². The van der Waals surface area contributed by atoms with Crippen molar-refractivity contribution in [1.82, 2.24) is 15.5 Å². The molecule has 0 unspecified atom stereocenters. The predicted molar refractivity (Wildman–Crippen MR) is 106 cm³/mol. The number of ether oxygens (including phenoxy) is 1. The lowest BCUT2D eigenvalue weighted by atomic mass is 9.95. The average molecular weight is 361 g/mol. The van der Waals surface area contributed by atoms with Crippen molar-refractivity contribution >= 4 is 11.9 Å². The number of guanidine groups is 1. The Kier molecular flexibility index (Phi) is 8.79. The van der Waals surface area contributed by atoms with Crippen molar-refractivity contribution in [3.05, 3.63) is 30.3 Å². The van der Waals surface area contributed by atoms with Crippen LogP contribution >= 0.6 is 0 Å². The van der Waals surface area contributed by atoms with Gasteiger partial charge in [-0.25, -0.2) is 0 Å². The van der Waals surface area contributed by atoms with E-state index in [1.54, 1.807) is 7.05 Å². The number of carbonyl (C=O) groups excluding carboxylic acids is 1. The zero-order valence-corrected chi connectivity index (χ0v) is 16.0. The van der Waals surface area contributed by atoms with Gasteiger partial charge in [0.2, 0.25) is 5.91 Å². The molecule has 1 aromatic carbocycles. The van der Waals surface area contributed by atoms with E-state index in [0.717, 1.165) is 24.6 Å². The van der Waals surface area contributed by atoms with Gasteiger partial charge in [0, 0.05) is 33.1 Å². The number of para-hydroxylation sites is 1. The largest absolute Gasteiger partial charge is 0.492 e. The van der Waals surface area contributed by atoms with E-state index in [1.807, 2.05) is 42.3 Å². The summed E-state index contributed by atoms with van der Waals surface area (Å²) in [6.07, 6.45) is 6.45. The molecule has 0 atom stereocenters. The summed E-state index contributed by atoms with van der Waals surface area (Å²) in [7, 11) is 3.71. The third-order valence-electron chi connectivity index (χ3n) is 4.62. The molecule has 2 N–H and O–H groups in total. The summed E-state index contributed by atoms with van der Waals surface area (Å²) < 4.78 is 5.71. The fourth-order valence-electron chi connectivity index (χ4n) is 3.14. The van der Waals surface area contributed by atoms with Crippen molar-refractivity contribution in [2.75, 3.05) is 33.8 Å². The lowest BCUT2D eigenvalue weighted by Crippen LogP contribution is -2.43. The number of nitrogens with zero attached hydrogens (tertiary/aromatic N) is 2. The number of amides is 1. The summed E-state index contributed by atoms with van der Waals surface area (Å²) in [4.78, 5) is 18.3. The molecule has 1 aliphatic rings. The standard InChI is InChI=1S/C20H32N4O2/c1-21-20(24(2)15-16-26-18-11-7-4-8-12-18)22-14-13-19(25)23-17-9-5-3-6-10-17/h4,7-8,11-12,17H,3,5-6,9-10,13-16H2,1-2H3,(H,21,22)(H,23,25). The fraction of sp³-hybridized carbons (Fsp3) is 0.600. The highest BCUT2D eigenvalue weighted by molar-refractivity contribution is 5.81. The maximum atomic E-state index is 12.1. The monoisotopic (exact) mass is 360 g/mol. The molecular formula is C20H32N4O2. The van der Waals surface area contributed by atoms with Gasteiger partial charge in [-0.1, -0.05) is 37.5 Å². The Labute approximate surface area is 157 Å². The molecule has 0 aliphatic heterocycles. The maximum Gasteiger partial charge on any atom is 0.221 e. The summed E-state index contributed by atoms with van der Waals surface area (Å²) in [6.45, 7) is 1.86. The van der Waals surface area contributed by atoms with Gasteiger partial charge in [0.05, 0.1) is 6.54 Å². The first-order valence-corrected chi connectivity index (χ1v) is 9.58. The van der Waals surface area contributed by atoms with Crippen LogP contribution in [0.15, 0.2) is 35.3 Å². The van der Waals surface area contributed by atoms with Crippen molar-refractivity contribution in [1.29, 1.82) is 0 Å². The van der Waals surface area contributed by atoms with Gasteiger partial charge in [-0.2, -0.15) is 0 Å². The number of nitrogens with one attached hydrogen (secondary N) is 2. The van der Waals surface area contributed by atoms with Crippen LogP contribution in [0.1, 0.15) is 38.5 Å². The van der Waals surface area contributed by atoms with Crippen molar-refractivity contribution in [3.63, 3.8) is 0 Å². The molecular weight excluding hydrogens is 328 g/mol. The van der Waals surface area contributed by atoms with Crippen LogP contribution in [0.25, 0.3) is 0 Å². The number of hydrogen-bond donors (Lipinski definition) is 2. The second-order valence-electron chi connectivity index (χ2n) is 6.71. The molecule has 2 rings (SSSR count). The molecule has 1 aromatic rings. The smallest absolute Gasteiger partial charge is 0.221 e. The second-order valence-corrected chi connectivity index (χ2v) is 6.71. The molecule has 6 nitrogen and oxygen atoms in total. The van der Waals surface area contributed by atoms with Crippen molar-refractivity contribution in [2.24, 2.45) is 4.99 Å². The Bertz CT molecular complexity index is 556. The molecule has 1 amide bonds.